The Hall–Kier alpha value is -2.77. The number of aromatic nitrogens is 2. The molecule has 2 aromatic rings. The fourth-order valence-corrected chi connectivity index (χ4v) is 1.55. The van der Waals surface area contributed by atoms with Gasteiger partial charge < -0.3 is 9.84 Å². The molecule has 1 heterocycles. The van der Waals surface area contributed by atoms with E-state index in [-0.39, 0.29) is 11.4 Å². The first-order valence-electron chi connectivity index (χ1n) is 5.31. The largest absolute Gasteiger partial charge is 0.494 e. The van der Waals surface area contributed by atoms with E-state index in [2.05, 4.69) is 5.10 Å². The minimum Gasteiger partial charge on any atom is -0.494 e. The highest BCUT2D eigenvalue weighted by Gasteiger charge is 2.17. The van der Waals surface area contributed by atoms with Crippen molar-refractivity contribution in [2.75, 3.05) is 7.11 Å². The van der Waals surface area contributed by atoms with Gasteiger partial charge in [-0.25, -0.2) is 13.6 Å². The number of benzene rings is 1. The molecule has 0 saturated heterocycles. The van der Waals surface area contributed by atoms with Crippen molar-refractivity contribution in [3.8, 4) is 11.4 Å². The number of carbonyl (C=O) groups is 1. The second-order valence-corrected chi connectivity index (χ2v) is 3.71. The number of carboxylic acid groups (broad SMARTS) is 1. The van der Waals surface area contributed by atoms with Crippen LogP contribution in [0.1, 0.15) is 10.5 Å². The normalized spacial score (nSPS) is 10.3. The molecule has 8 heteroatoms. The number of hydrogen-bond acceptors (Lipinski definition) is 4. The zero-order valence-electron chi connectivity index (χ0n) is 10.1. The molecule has 6 nitrogen and oxygen atoms in total. The molecule has 20 heavy (non-hydrogen) atoms. The molecule has 0 aliphatic carbocycles. The molecule has 0 amide bonds. The highest BCUT2D eigenvalue weighted by atomic mass is 19.2. The van der Waals surface area contributed by atoms with Crippen LogP contribution < -0.4 is 10.3 Å². The van der Waals surface area contributed by atoms with Gasteiger partial charge in [-0.15, -0.1) is 0 Å². The van der Waals surface area contributed by atoms with Crippen LogP contribution in [0.5, 0.6) is 5.75 Å². The summed E-state index contributed by atoms with van der Waals surface area (Å²) in [6.07, 6.45) is 0. The summed E-state index contributed by atoms with van der Waals surface area (Å²) in [5.41, 5.74) is -1.35. The van der Waals surface area contributed by atoms with Crippen LogP contribution in [0.3, 0.4) is 0 Å². The lowest BCUT2D eigenvalue weighted by Gasteiger charge is -2.08. The Bertz CT molecular complexity index is 743. The summed E-state index contributed by atoms with van der Waals surface area (Å²) in [4.78, 5) is 22.8. The molecule has 0 bridgehead atoms. The highest BCUT2D eigenvalue weighted by molar-refractivity contribution is 5.88. The molecule has 0 aliphatic heterocycles. The van der Waals surface area contributed by atoms with E-state index in [0.717, 1.165) is 24.3 Å². The number of ether oxygens (including phenoxy) is 1. The van der Waals surface area contributed by atoms with Gasteiger partial charge in [-0.05, 0) is 12.1 Å². The zero-order valence-corrected chi connectivity index (χ0v) is 10.1. The lowest BCUT2D eigenvalue weighted by molar-refractivity contribution is 0.0684. The Balaban J connectivity index is 2.68. The molecular weight excluding hydrogens is 274 g/mol. The number of methoxy groups -OCH3 is 1. The van der Waals surface area contributed by atoms with Crippen LogP contribution in [-0.2, 0) is 0 Å². The Morgan fingerprint density at radius 1 is 1.30 bits per heavy atom. The Kier molecular flexibility index (Phi) is 3.47. The molecule has 0 radical (unpaired) electrons. The van der Waals surface area contributed by atoms with Gasteiger partial charge in [0.15, 0.2) is 17.4 Å². The van der Waals surface area contributed by atoms with Crippen LogP contribution in [-0.4, -0.2) is 28.0 Å². The van der Waals surface area contributed by atoms with Gasteiger partial charge in [0.25, 0.3) is 5.56 Å². The second-order valence-electron chi connectivity index (χ2n) is 3.71. The molecule has 1 N–H and O–H groups in total. The van der Waals surface area contributed by atoms with Gasteiger partial charge in [0.1, 0.15) is 0 Å². The van der Waals surface area contributed by atoms with Gasteiger partial charge in [-0.3, -0.25) is 4.79 Å². The summed E-state index contributed by atoms with van der Waals surface area (Å²) >= 11 is 0. The average Bonchev–Trinajstić information content (AvgIpc) is 2.41. The number of carboxylic acids is 1. The van der Waals surface area contributed by atoms with Crippen LogP contribution in [0.25, 0.3) is 5.69 Å². The standard InChI is InChI=1S/C12H8F2N2O4/c1-20-9-5-10(17)16(15-11(9)12(18)19)6-2-3-7(13)8(14)4-6/h2-5H,1H3,(H,18,19). The van der Waals surface area contributed by atoms with E-state index >= 15 is 0 Å². The van der Waals surface area contributed by atoms with E-state index in [1.807, 2.05) is 0 Å². The monoisotopic (exact) mass is 282 g/mol. The van der Waals surface area contributed by atoms with E-state index in [4.69, 9.17) is 9.84 Å². The zero-order chi connectivity index (χ0) is 14.9. The number of halogens is 2. The van der Waals surface area contributed by atoms with Crippen molar-refractivity contribution in [1.82, 2.24) is 9.78 Å². The molecule has 1 aromatic heterocycles. The summed E-state index contributed by atoms with van der Waals surface area (Å²) < 4.78 is 31.4. The fraction of sp³-hybridized carbons (Fsp3) is 0.0833. The maximum atomic E-state index is 13.1. The Morgan fingerprint density at radius 2 is 2.00 bits per heavy atom. The van der Waals surface area contributed by atoms with Crippen molar-refractivity contribution in [2.24, 2.45) is 0 Å². The summed E-state index contributed by atoms with van der Waals surface area (Å²) in [7, 11) is 1.19. The van der Waals surface area contributed by atoms with Gasteiger partial charge in [0, 0.05) is 6.07 Å². The van der Waals surface area contributed by atoms with Crippen molar-refractivity contribution < 1.29 is 23.4 Å². The lowest BCUT2D eigenvalue weighted by Crippen LogP contribution is -2.24. The van der Waals surface area contributed by atoms with Crippen molar-refractivity contribution >= 4 is 5.97 Å². The van der Waals surface area contributed by atoms with Crippen molar-refractivity contribution in [3.05, 3.63) is 51.9 Å². The van der Waals surface area contributed by atoms with Gasteiger partial charge in [0.05, 0.1) is 18.9 Å². The first-order valence-corrected chi connectivity index (χ1v) is 5.31. The van der Waals surface area contributed by atoms with Gasteiger partial charge in [-0.1, -0.05) is 0 Å². The maximum Gasteiger partial charge on any atom is 0.360 e. The van der Waals surface area contributed by atoms with Crippen molar-refractivity contribution in [3.63, 3.8) is 0 Å². The summed E-state index contributed by atoms with van der Waals surface area (Å²) in [6.45, 7) is 0. The van der Waals surface area contributed by atoms with Gasteiger partial charge in [-0.2, -0.15) is 9.78 Å². The van der Waals surface area contributed by atoms with E-state index in [1.54, 1.807) is 0 Å². The van der Waals surface area contributed by atoms with Crippen LogP contribution >= 0.6 is 0 Å². The van der Waals surface area contributed by atoms with Crippen molar-refractivity contribution in [2.45, 2.75) is 0 Å². The fourth-order valence-electron chi connectivity index (χ4n) is 1.55. The Morgan fingerprint density at radius 3 is 2.55 bits per heavy atom. The van der Waals surface area contributed by atoms with E-state index in [0.29, 0.717) is 4.68 Å². The van der Waals surface area contributed by atoms with E-state index in [1.165, 1.54) is 7.11 Å². The van der Waals surface area contributed by atoms with E-state index in [9.17, 15) is 18.4 Å². The molecule has 0 saturated carbocycles. The lowest BCUT2D eigenvalue weighted by atomic mass is 10.3. The summed E-state index contributed by atoms with van der Waals surface area (Å²) in [5.74, 6) is -3.91. The third kappa shape index (κ3) is 2.35. The van der Waals surface area contributed by atoms with Crippen molar-refractivity contribution in [1.29, 1.82) is 0 Å². The molecule has 104 valence electrons. The Labute approximate surface area is 110 Å². The first kappa shape index (κ1) is 13.7. The number of nitrogens with zero attached hydrogens (tertiary/aromatic N) is 2. The predicted octanol–water partition coefficient (Wildman–Crippen LogP) is 1.22. The highest BCUT2D eigenvalue weighted by Crippen LogP contribution is 2.15. The molecule has 0 fully saturated rings. The molecule has 2 rings (SSSR count). The molecule has 0 spiro atoms. The molecule has 0 aliphatic rings. The van der Waals surface area contributed by atoms with Crippen LogP contribution in [0.15, 0.2) is 29.1 Å². The smallest absolute Gasteiger partial charge is 0.360 e. The van der Waals surface area contributed by atoms with Crippen LogP contribution in [0.2, 0.25) is 0 Å². The number of hydrogen-bond donors (Lipinski definition) is 1. The minimum atomic E-state index is -1.42. The van der Waals surface area contributed by atoms with E-state index < -0.39 is 28.9 Å². The SMILES string of the molecule is COc1cc(=O)n(-c2ccc(F)c(F)c2)nc1C(=O)O. The third-order valence-corrected chi connectivity index (χ3v) is 2.47. The minimum absolute atomic E-state index is 0.0981. The van der Waals surface area contributed by atoms with Gasteiger partial charge >= 0.3 is 5.97 Å². The molecule has 1 aromatic carbocycles. The molecule has 0 atom stereocenters. The third-order valence-electron chi connectivity index (χ3n) is 2.47. The number of aromatic carboxylic acids is 1. The van der Waals surface area contributed by atoms with Crippen LogP contribution in [0, 0.1) is 11.6 Å². The second kappa shape index (κ2) is 5.08. The summed E-state index contributed by atoms with van der Waals surface area (Å²) in [6, 6.07) is 3.55. The number of rotatable bonds is 3. The predicted molar refractivity (Wildman–Crippen MR) is 63.3 cm³/mol. The van der Waals surface area contributed by atoms with Gasteiger partial charge in [0.2, 0.25) is 5.69 Å². The van der Waals surface area contributed by atoms with Crippen LogP contribution in [0.4, 0.5) is 8.78 Å². The topological polar surface area (TPSA) is 81.4 Å². The molecule has 0 unspecified atom stereocenters. The average molecular weight is 282 g/mol. The maximum absolute atomic E-state index is 13.1. The quantitative estimate of drug-likeness (QED) is 0.915. The molecular formula is C12H8F2N2O4. The first-order chi connectivity index (χ1) is 9.43. The summed E-state index contributed by atoms with van der Waals surface area (Å²) in [5, 5.41) is 12.5.